The van der Waals surface area contributed by atoms with Crippen molar-refractivity contribution in [2.45, 2.75) is 0 Å². The molecule has 3 heterocycles. The minimum Gasteiger partial charge on any atom is -0.368 e. The van der Waals surface area contributed by atoms with Gasteiger partial charge < -0.3 is 9.80 Å². The molecule has 1 saturated heterocycles. The van der Waals surface area contributed by atoms with E-state index in [0.29, 0.717) is 11.4 Å². The minimum atomic E-state index is 0.0523. The van der Waals surface area contributed by atoms with Crippen molar-refractivity contribution in [3.63, 3.8) is 0 Å². The molecule has 25 heavy (non-hydrogen) atoms. The third-order valence-electron chi connectivity index (χ3n) is 4.45. The minimum absolute atomic E-state index is 0.0523. The van der Waals surface area contributed by atoms with Gasteiger partial charge in [-0.2, -0.15) is 0 Å². The number of benzene rings is 1. The van der Waals surface area contributed by atoms with Crippen molar-refractivity contribution in [2.75, 3.05) is 31.1 Å². The van der Waals surface area contributed by atoms with Crippen LogP contribution in [0.25, 0.3) is 5.82 Å². The van der Waals surface area contributed by atoms with E-state index in [1.807, 2.05) is 35.4 Å². The lowest BCUT2D eigenvalue weighted by atomic mass is 10.2. The van der Waals surface area contributed by atoms with Crippen LogP contribution in [0, 0.1) is 0 Å². The SMILES string of the molecule is O=C(c1ccnc(-n2ccnc2)c1)N1CCN(c2ccccc2)CC1. The second kappa shape index (κ2) is 6.76. The number of carbonyl (C=O) groups excluding carboxylic acids is 1. The first kappa shape index (κ1) is 15.4. The largest absolute Gasteiger partial charge is 0.368 e. The van der Waals surface area contributed by atoms with Crippen LogP contribution in [0.1, 0.15) is 10.4 Å². The lowest BCUT2D eigenvalue weighted by molar-refractivity contribution is 0.0746. The lowest BCUT2D eigenvalue weighted by Crippen LogP contribution is -2.48. The fourth-order valence-corrected chi connectivity index (χ4v) is 3.08. The zero-order valence-electron chi connectivity index (χ0n) is 13.8. The Labute approximate surface area is 146 Å². The quantitative estimate of drug-likeness (QED) is 0.737. The Bertz CT molecular complexity index is 839. The van der Waals surface area contributed by atoms with Crippen LogP contribution in [0.4, 0.5) is 5.69 Å². The monoisotopic (exact) mass is 333 g/mol. The van der Waals surface area contributed by atoms with Crippen molar-refractivity contribution in [1.82, 2.24) is 19.4 Å². The van der Waals surface area contributed by atoms with E-state index in [9.17, 15) is 4.79 Å². The van der Waals surface area contributed by atoms with Crippen molar-refractivity contribution in [1.29, 1.82) is 0 Å². The molecule has 6 heteroatoms. The molecule has 0 spiro atoms. The van der Waals surface area contributed by atoms with E-state index in [2.05, 4.69) is 27.0 Å². The second-order valence-electron chi connectivity index (χ2n) is 5.99. The molecule has 0 unspecified atom stereocenters. The van der Waals surface area contributed by atoms with Crippen molar-refractivity contribution in [3.05, 3.63) is 72.9 Å². The topological polar surface area (TPSA) is 54.3 Å². The van der Waals surface area contributed by atoms with Crippen LogP contribution in [0.15, 0.2) is 67.4 Å². The molecule has 0 aliphatic carbocycles. The van der Waals surface area contributed by atoms with Crippen LogP contribution in [0.3, 0.4) is 0 Å². The number of imidazole rings is 1. The van der Waals surface area contributed by atoms with Gasteiger partial charge in [-0.05, 0) is 24.3 Å². The number of para-hydroxylation sites is 1. The summed E-state index contributed by atoms with van der Waals surface area (Å²) in [6, 6.07) is 13.9. The van der Waals surface area contributed by atoms with Crippen molar-refractivity contribution < 1.29 is 4.79 Å². The van der Waals surface area contributed by atoms with Gasteiger partial charge in [-0.1, -0.05) is 18.2 Å². The fourth-order valence-electron chi connectivity index (χ4n) is 3.08. The molecule has 126 valence electrons. The van der Waals surface area contributed by atoms with E-state index >= 15 is 0 Å². The van der Waals surface area contributed by atoms with Crippen molar-refractivity contribution >= 4 is 11.6 Å². The molecule has 0 bridgehead atoms. The van der Waals surface area contributed by atoms with Gasteiger partial charge in [-0.3, -0.25) is 9.36 Å². The predicted molar refractivity (Wildman–Crippen MR) is 95.9 cm³/mol. The summed E-state index contributed by atoms with van der Waals surface area (Å²) >= 11 is 0. The van der Waals surface area contributed by atoms with Gasteiger partial charge in [-0.25, -0.2) is 9.97 Å². The van der Waals surface area contributed by atoms with Gasteiger partial charge in [-0.15, -0.1) is 0 Å². The Morgan fingerprint density at radius 2 is 1.76 bits per heavy atom. The van der Waals surface area contributed by atoms with Gasteiger partial charge in [0.2, 0.25) is 0 Å². The summed E-state index contributed by atoms with van der Waals surface area (Å²) in [5.74, 6) is 0.753. The normalized spacial score (nSPS) is 14.6. The summed E-state index contributed by atoms with van der Waals surface area (Å²) in [4.78, 5) is 25.4. The van der Waals surface area contributed by atoms with Crippen molar-refractivity contribution in [3.8, 4) is 5.82 Å². The highest BCUT2D eigenvalue weighted by Gasteiger charge is 2.22. The van der Waals surface area contributed by atoms with Crippen molar-refractivity contribution in [2.24, 2.45) is 0 Å². The number of aromatic nitrogens is 3. The lowest BCUT2D eigenvalue weighted by Gasteiger charge is -2.36. The third-order valence-corrected chi connectivity index (χ3v) is 4.45. The molecule has 0 saturated carbocycles. The van der Waals surface area contributed by atoms with E-state index < -0.39 is 0 Å². The number of pyridine rings is 1. The van der Waals surface area contributed by atoms with Crippen LogP contribution in [-0.4, -0.2) is 51.5 Å². The fraction of sp³-hybridized carbons (Fsp3) is 0.211. The molecular formula is C19H19N5O. The molecule has 0 N–H and O–H groups in total. The first-order chi connectivity index (χ1) is 12.3. The molecule has 1 aliphatic rings. The summed E-state index contributed by atoms with van der Waals surface area (Å²) in [7, 11) is 0. The first-order valence-electron chi connectivity index (χ1n) is 8.35. The van der Waals surface area contributed by atoms with Crippen LogP contribution < -0.4 is 4.90 Å². The summed E-state index contributed by atoms with van der Waals surface area (Å²) in [5.41, 5.74) is 1.87. The number of hydrogen-bond donors (Lipinski definition) is 0. The molecule has 1 aliphatic heterocycles. The second-order valence-corrected chi connectivity index (χ2v) is 5.99. The van der Waals surface area contributed by atoms with Gasteiger partial charge in [0.15, 0.2) is 0 Å². The molecule has 4 rings (SSSR count). The highest BCUT2D eigenvalue weighted by molar-refractivity contribution is 5.94. The first-order valence-corrected chi connectivity index (χ1v) is 8.35. The number of piperazine rings is 1. The van der Waals surface area contributed by atoms with E-state index in [1.54, 1.807) is 29.4 Å². The number of carbonyl (C=O) groups is 1. The van der Waals surface area contributed by atoms with Crippen LogP contribution in [0.2, 0.25) is 0 Å². The van der Waals surface area contributed by atoms with Gasteiger partial charge in [0.05, 0.1) is 0 Å². The number of rotatable bonds is 3. The molecule has 6 nitrogen and oxygen atoms in total. The predicted octanol–water partition coefficient (Wildman–Crippen LogP) is 2.23. The highest BCUT2D eigenvalue weighted by atomic mass is 16.2. The number of nitrogens with zero attached hydrogens (tertiary/aromatic N) is 5. The smallest absolute Gasteiger partial charge is 0.254 e. The zero-order valence-corrected chi connectivity index (χ0v) is 13.8. The van der Waals surface area contributed by atoms with E-state index in [0.717, 1.165) is 26.2 Å². The van der Waals surface area contributed by atoms with E-state index in [-0.39, 0.29) is 5.91 Å². The highest BCUT2D eigenvalue weighted by Crippen LogP contribution is 2.17. The maximum absolute atomic E-state index is 12.8. The van der Waals surface area contributed by atoms with Gasteiger partial charge in [0.25, 0.3) is 5.91 Å². The summed E-state index contributed by atoms with van der Waals surface area (Å²) in [6.45, 7) is 3.12. The Morgan fingerprint density at radius 1 is 0.960 bits per heavy atom. The van der Waals surface area contributed by atoms with E-state index in [4.69, 9.17) is 0 Å². The molecule has 0 atom stereocenters. The number of hydrogen-bond acceptors (Lipinski definition) is 4. The Hall–Kier alpha value is -3.15. The maximum Gasteiger partial charge on any atom is 0.254 e. The molecule has 3 aromatic rings. The Morgan fingerprint density at radius 3 is 2.48 bits per heavy atom. The van der Waals surface area contributed by atoms with Gasteiger partial charge in [0.1, 0.15) is 12.1 Å². The van der Waals surface area contributed by atoms with Crippen LogP contribution >= 0.6 is 0 Å². The number of anilines is 1. The average Bonchev–Trinajstić information content (AvgIpc) is 3.23. The number of amides is 1. The third kappa shape index (κ3) is 3.24. The van der Waals surface area contributed by atoms with Crippen LogP contribution in [0.5, 0.6) is 0 Å². The maximum atomic E-state index is 12.8. The summed E-state index contributed by atoms with van der Waals surface area (Å²) < 4.78 is 1.80. The summed E-state index contributed by atoms with van der Waals surface area (Å²) in [5, 5.41) is 0. The molecular weight excluding hydrogens is 314 g/mol. The molecule has 0 radical (unpaired) electrons. The molecule has 2 aromatic heterocycles. The van der Waals surface area contributed by atoms with E-state index in [1.165, 1.54) is 5.69 Å². The van der Waals surface area contributed by atoms with Gasteiger partial charge in [0, 0.05) is 56.0 Å². The Kier molecular flexibility index (Phi) is 4.16. The summed E-state index contributed by atoms with van der Waals surface area (Å²) in [6.07, 6.45) is 6.85. The van der Waals surface area contributed by atoms with Crippen LogP contribution in [-0.2, 0) is 0 Å². The molecule has 1 fully saturated rings. The zero-order chi connectivity index (χ0) is 17.1. The van der Waals surface area contributed by atoms with Gasteiger partial charge >= 0.3 is 0 Å². The molecule has 1 aromatic carbocycles. The average molecular weight is 333 g/mol. The Balaban J connectivity index is 1.45. The standard InChI is InChI=1S/C19H19N5O/c25-19(16-6-7-21-18(14-16)24-9-8-20-15-24)23-12-10-22(11-13-23)17-4-2-1-3-5-17/h1-9,14-15H,10-13H2. The molecule has 1 amide bonds.